The lowest BCUT2D eigenvalue weighted by Crippen LogP contribution is -2.15. The van der Waals surface area contributed by atoms with Gasteiger partial charge in [0.1, 0.15) is 0 Å². The van der Waals surface area contributed by atoms with Crippen LogP contribution in [0.2, 0.25) is 0 Å². The first-order valence-electron chi connectivity index (χ1n) is 7.03. The number of hydrogen-bond donors (Lipinski definition) is 1. The lowest BCUT2D eigenvalue weighted by Gasteiger charge is -2.20. The monoisotopic (exact) mass is 256 g/mol. The Kier molecular flexibility index (Phi) is 3.91. The molecule has 102 valence electrons. The van der Waals surface area contributed by atoms with Crippen molar-refractivity contribution >= 4 is 10.9 Å². The van der Waals surface area contributed by atoms with E-state index in [0.717, 1.165) is 24.2 Å². The number of fused-ring (bicyclic) bond motifs is 1. The van der Waals surface area contributed by atoms with Gasteiger partial charge in [-0.2, -0.15) is 0 Å². The van der Waals surface area contributed by atoms with Crippen LogP contribution in [0, 0.1) is 0 Å². The summed E-state index contributed by atoms with van der Waals surface area (Å²) in [5, 5.41) is 4.54. The van der Waals surface area contributed by atoms with E-state index < -0.39 is 0 Å². The van der Waals surface area contributed by atoms with Gasteiger partial charge < -0.3 is 5.32 Å². The molecule has 0 bridgehead atoms. The van der Waals surface area contributed by atoms with Crippen molar-refractivity contribution in [1.82, 2.24) is 10.3 Å². The molecule has 0 aliphatic carbocycles. The zero-order valence-corrected chi connectivity index (χ0v) is 12.7. The molecule has 1 heterocycles. The smallest absolute Gasteiger partial charge is 0.0709 e. The molecule has 0 unspecified atom stereocenters. The van der Waals surface area contributed by atoms with Crippen molar-refractivity contribution in [2.75, 3.05) is 7.05 Å². The normalized spacial score (nSPS) is 12.1. The van der Waals surface area contributed by atoms with Crippen molar-refractivity contribution in [2.45, 2.75) is 46.1 Å². The van der Waals surface area contributed by atoms with Gasteiger partial charge in [0.15, 0.2) is 0 Å². The molecule has 19 heavy (non-hydrogen) atoms. The number of nitrogens with one attached hydrogen (secondary N) is 1. The number of aryl methyl sites for hydroxylation is 1. The van der Waals surface area contributed by atoms with E-state index in [2.05, 4.69) is 57.3 Å². The molecule has 0 atom stereocenters. The van der Waals surface area contributed by atoms with Crippen LogP contribution < -0.4 is 5.32 Å². The van der Waals surface area contributed by atoms with Crippen molar-refractivity contribution in [3.05, 3.63) is 41.1 Å². The predicted molar refractivity (Wildman–Crippen MR) is 82.6 cm³/mol. The fraction of sp³-hybridized carbons (Fsp3) is 0.471. The van der Waals surface area contributed by atoms with Gasteiger partial charge in [-0.15, -0.1) is 0 Å². The van der Waals surface area contributed by atoms with Crippen LogP contribution in [0.4, 0.5) is 0 Å². The van der Waals surface area contributed by atoms with Crippen LogP contribution in [0.25, 0.3) is 10.9 Å². The molecule has 0 amide bonds. The van der Waals surface area contributed by atoms with Gasteiger partial charge in [-0.25, -0.2) is 0 Å². The second-order valence-electron chi connectivity index (χ2n) is 6.15. The summed E-state index contributed by atoms with van der Waals surface area (Å²) in [6.45, 7) is 9.71. The van der Waals surface area contributed by atoms with Crippen molar-refractivity contribution < 1.29 is 0 Å². The van der Waals surface area contributed by atoms with Crippen LogP contribution in [0.1, 0.15) is 44.5 Å². The Bertz CT molecular complexity index is 580. The van der Waals surface area contributed by atoms with E-state index in [4.69, 9.17) is 4.98 Å². The van der Waals surface area contributed by atoms with Crippen molar-refractivity contribution in [1.29, 1.82) is 0 Å². The molecule has 0 fully saturated rings. The lowest BCUT2D eigenvalue weighted by atomic mass is 9.89. The summed E-state index contributed by atoms with van der Waals surface area (Å²) in [4.78, 5) is 4.84. The number of rotatable bonds is 3. The van der Waals surface area contributed by atoms with Crippen molar-refractivity contribution in [3.8, 4) is 0 Å². The van der Waals surface area contributed by atoms with Crippen LogP contribution in [0.5, 0.6) is 0 Å². The first-order chi connectivity index (χ1) is 8.95. The zero-order valence-electron chi connectivity index (χ0n) is 12.7. The highest BCUT2D eigenvalue weighted by molar-refractivity contribution is 5.83. The van der Waals surface area contributed by atoms with E-state index in [1.54, 1.807) is 0 Å². The van der Waals surface area contributed by atoms with Gasteiger partial charge in [0.25, 0.3) is 0 Å². The molecule has 2 rings (SSSR count). The van der Waals surface area contributed by atoms with Gasteiger partial charge in [-0.05, 0) is 42.8 Å². The summed E-state index contributed by atoms with van der Waals surface area (Å²) in [6.07, 6.45) is 1.07. The number of aromatic nitrogens is 1. The summed E-state index contributed by atoms with van der Waals surface area (Å²) >= 11 is 0. The quantitative estimate of drug-likeness (QED) is 0.903. The molecular formula is C17H24N2. The Labute approximate surface area is 116 Å². The molecule has 1 aromatic carbocycles. The minimum atomic E-state index is 0.0834. The van der Waals surface area contributed by atoms with Crippen molar-refractivity contribution in [3.63, 3.8) is 0 Å². The Hall–Kier alpha value is -1.41. The predicted octanol–water partition coefficient (Wildman–Crippen LogP) is 3.81. The lowest BCUT2D eigenvalue weighted by molar-refractivity contribution is 0.570. The third-order valence-electron chi connectivity index (χ3n) is 3.50. The molecular weight excluding hydrogens is 232 g/mol. The largest absolute Gasteiger partial charge is 0.316 e. The molecule has 1 aromatic heterocycles. The summed E-state index contributed by atoms with van der Waals surface area (Å²) < 4.78 is 0. The molecule has 2 nitrogen and oxygen atoms in total. The number of nitrogens with zero attached hydrogens (tertiary/aromatic N) is 1. The maximum atomic E-state index is 4.84. The average Bonchev–Trinajstić information content (AvgIpc) is 2.37. The third-order valence-corrected chi connectivity index (χ3v) is 3.50. The maximum absolute atomic E-state index is 4.84. The van der Waals surface area contributed by atoms with E-state index >= 15 is 0 Å². The van der Waals surface area contributed by atoms with E-state index in [0.29, 0.717) is 0 Å². The third kappa shape index (κ3) is 2.95. The van der Waals surface area contributed by atoms with E-state index in [-0.39, 0.29) is 5.41 Å². The minimum Gasteiger partial charge on any atom is -0.316 e. The summed E-state index contributed by atoms with van der Waals surface area (Å²) in [5.74, 6) is 0. The fourth-order valence-electron chi connectivity index (χ4n) is 2.28. The fourth-order valence-corrected chi connectivity index (χ4v) is 2.28. The SMILES string of the molecule is CCc1ccc2nc(C(C)(C)C)cc(CNC)c2c1. The molecule has 0 spiro atoms. The highest BCUT2D eigenvalue weighted by Crippen LogP contribution is 2.27. The molecule has 2 aromatic rings. The van der Waals surface area contributed by atoms with Gasteiger partial charge in [-0.1, -0.05) is 33.8 Å². The Morgan fingerprint density at radius 2 is 1.89 bits per heavy atom. The minimum absolute atomic E-state index is 0.0834. The zero-order chi connectivity index (χ0) is 14.0. The topological polar surface area (TPSA) is 24.9 Å². The van der Waals surface area contributed by atoms with E-state index in [9.17, 15) is 0 Å². The van der Waals surface area contributed by atoms with Crippen LogP contribution in [-0.2, 0) is 18.4 Å². The molecule has 0 saturated carbocycles. The highest BCUT2D eigenvalue weighted by Gasteiger charge is 2.17. The second kappa shape index (κ2) is 5.30. The Morgan fingerprint density at radius 3 is 2.47 bits per heavy atom. The van der Waals surface area contributed by atoms with Crippen LogP contribution in [0.3, 0.4) is 0 Å². The van der Waals surface area contributed by atoms with Crippen molar-refractivity contribution in [2.24, 2.45) is 0 Å². The van der Waals surface area contributed by atoms with Gasteiger partial charge in [0.05, 0.1) is 5.52 Å². The van der Waals surface area contributed by atoms with Gasteiger partial charge in [0.2, 0.25) is 0 Å². The van der Waals surface area contributed by atoms with Gasteiger partial charge in [-0.3, -0.25) is 4.98 Å². The molecule has 1 N–H and O–H groups in total. The van der Waals surface area contributed by atoms with E-state index in [1.807, 2.05) is 7.05 Å². The summed E-state index contributed by atoms with van der Waals surface area (Å²) in [7, 11) is 1.99. The standard InChI is InChI=1S/C17H24N2/c1-6-12-7-8-15-14(9-12)13(11-18-5)10-16(19-15)17(2,3)4/h7-10,18H,6,11H2,1-5H3. The average molecular weight is 256 g/mol. The first-order valence-corrected chi connectivity index (χ1v) is 7.03. The Balaban J connectivity index is 2.68. The molecule has 0 saturated heterocycles. The summed E-state index contributed by atoms with van der Waals surface area (Å²) in [5.41, 5.74) is 5.06. The van der Waals surface area contributed by atoms with Crippen LogP contribution >= 0.6 is 0 Å². The number of pyridine rings is 1. The molecule has 0 radical (unpaired) electrons. The molecule has 0 aliphatic rings. The number of benzene rings is 1. The van der Waals surface area contributed by atoms with Gasteiger partial charge >= 0.3 is 0 Å². The van der Waals surface area contributed by atoms with Gasteiger partial charge in [0, 0.05) is 23.0 Å². The van der Waals surface area contributed by atoms with E-state index in [1.165, 1.54) is 16.5 Å². The first kappa shape index (κ1) is 14.0. The second-order valence-corrected chi connectivity index (χ2v) is 6.15. The highest BCUT2D eigenvalue weighted by atomic mass is 14.8. The van der Waals surface area contributed by atoms with Crippen LogP contribution in [-0.4, -0.2) is 12.0 Å². The summed E-state index contributed by atoms with van der Waals surface area (Å²) in [6, 6.07) is 8.87. The Morgan fingerprint density at radius 1 is 1.16 bits per heavy atom. The molecule has 2 heteroatoms. The molecule has 0 aliphatic heterocycles. The maximum Gasteiger partial charge on any atom is 0.0709 e. The number of hydrogen-bond acceptors (Lipinski definition) is 2. The van der Waals surface area contributed by atoms with Crippen LogP contribution in [0.15, 0.2) is 24.3 Å².